The number of hydrogen-bond acceptors (Lipinski definition) is 6. The van der Waals surface area contributed by atoms with Crippen LogP contribution in [0.15, 0.2) is 89.5 Å². The van der Waals surface area contributed by atoms with E-state index in [4.69, 9.17) is 9.15 Å². The van der Waals surface area contributed by atoms with Crippen molar-refractivity contribution in [1.29, 1.82) is 0 Å². The molecule has 1 saturated heterocycles. The number of rotatable bonds is 8. The normalized spacial score (nSPS) is 13.8. The van der Waals surface area contributed by atoms with Gasteiger partial charge in [-0.3, -0.25) is 4.79 Å². The maximum absolute atomic E-state index is 13.3. The predicted molar refractivity (Wildman–Crippen MR) is 162 cm³/mol. The van der Waals surface area contributed by atoms with Gasteiger partial charge in [0.05, 0.1) is 30.2 Å². The Morgan fingerprint density at radius 2 is 1.79 bits per heavy atom. The summed E-state index contributed by atoms with van der Waals surface area (Å²) >= 11 is 0. The molecule has 5 aromatic rings. The van der Waals surface area contributed by atoms with E-state index in [1.165, 1.54) is 12.1 Å². The summed E-state index contributed by atoms with van der Waals surface area (Å²) in [6, 6.07) is 22.4. The number of pyridine rings is 1. The van der Waals surface area contributed by atoms with Crippen LogP contribution in [0.3, 0.4) is 0 Å². The van der Waals surface area contributed by atoms with Crippen molar-refractivity contribution >= 4 is 34.4 Å². The number of furan rings is 1. The number of amides is 1. The highest BCUT2D eigenvalue weighted by molar-refractivity contribution is 6.06. The Hall–Kier alpha value is -5.02. The largest absolute Gasteiger partial charge is 0.478 e. The summed E-state index contributed by atoms with van der Waals surface area (Å²) in [6.07, 6.45) is 3.37. The number of anilines is 2. The molecular formula is C34H30FN3O5. The number of aromatic carboxylic acids is 1. The molecule has 8 nitrogen and oxygen atoms in total. The molecule has 43 heavy (non-hydrogen) atoms. The number of halogens is 1. The first-order valence-electron chi connectivity index (χ1n) is 14.1. The van der Waals surface area contributed by atoms with Crippen LogP contribution in [0.25, 0.3) is 22.1 Å². The average Bonchev–Trinajstić information content (AvgIpc) is 3.37. The van der Waals surface area contributed by atoms with Crippen molar-refractivity contribution in [1.82, 2.24) is 4.98 Å². The summed E-state index contributed by atoms with van der Waals surface area (Å²) in [5.74, 6) is -0.556. The number of carboxylic acids is 1. The Bertz CT molecular complexity index is 1770. The van der Waals surface area contributed by atoms with Gasteiger partial charge < -0.3 is 24.5 Å². The van der Waals surface area contributed by atoms with Gasteiger partial charge in [0, 0.05) is 24.0 Å². The van der Waals surface area contributed by atoms with Crippen LogP contribution in [-0.2, 0) is 11.3 Å². The van der Waals surface area contributed by atoms with Gasteiger partial charge in [0.15, 0.2) is 5.76 Å². The fraction of sp³-hybridized carbons (Fsp3) is 0.206. The van der Waals surface area contributed by atoms with E-state index < -0.39 is 5.97 Å². The van der Waals surface area contributed by atoms with E-state index in [0.29, 0.717) is 17.9 Å². The number of piperidine rings is 1. The van der Waals surface area contributed by atoms with Gasteiger partial charge in [-0.25, -0.2) is 14.2 Å². The van der Waals surface area contributed by atoms with Crippen LogP contribution in [0.5, 0.6) is 0 Å². The molecule has 1 amide bonds. The quantitative estimate of drug-likeness (QED) is 0.202. The molecule has 0 spiro atoms. The first kappa shape index (κ1) is 28.1. The molecule has 0 unspecified atom stereocenters. The maximum Gasteiger partial charge on any atom is 0.335 e. The van der Waals surface area contributed by atoms with Crippen molar-refractivity contribution in [3.05, 3.63) is 113 Å². The number of carbonyl (C=O) groups is 2. The van der Waals surface area contributed by atoms with Crippen molar-refractivity contribution in [2.75, 3.05) is 23.3 Å². The minimum Gasteiger partial charge on any atom is -0.478 e. The molecule has 6 rings (SSSR count). The van der Waals surface area contributed by atoms with Gasteiger partial charge in [-0.05, 0) is 85.0 Å². The van der Waals surface area contributed by atoms with Crippen LogP contribution in [-0.4, -0.2) is 41.2 Å². The number of benzene rings is 3. The fourth-order valence-electron chi connectivity index (χ4n) is 5.35. The minimum atomic E-state index is -0.948. The van der Waals surface area contributed by atoms with E-state index in [1.54, 1.807) is 36.5 Å². The van der Waals surface area contributed by atoms with Gasteiger partial charge in [-0.15, -0.1) is 0 Å². The highest BCUT2D eigenvalue weighted by Gasteiger charge is 2.22. The maximum atomic E-state index is 13.3. The zero-order valence-corrected chi connectivity index (χ0v) is 23.5. The van der Waals surface area contributed by atoms with Gasteiger partial charge in [-0.1, -0.05) is 30.3 Å². The third-order valence-corrected chi connectivity index (χ3v) is 7.75. The van der Waals surface area contributed by atoms with Crippen LogP contribution in [0.4, 0.5) is 15.9 Å². The summed E-state index contributed by atoms with van der Waals surface area (Å²) in [5, 5.41) is 12.9. The number of fused-ring (bicyclic) bond motifs is 1. The minimum absolute atomic E-state index is 0.0853. The van der Waals surface area contributed by atoms with Crippen molar-refractivity contribution in [3.63, 3.8) is 0 Å². The van der Waals surface area contributed by atoms with Crippen molar-refractivity contribution < 1.29 is 28.2 Å². The third kappa shape index (κ3) is 6.27. The Labute approximate surface area is 247 Å². The van der Waals surface area contributed by atoms with E-state index in [0.717, 1.165) is 59.4 Å². The zero-order valence-electron chi connectivity index (χ0n) is 23.5. The second-order valence-corrected chi connectivity index (χ2v) is 10.6. The first-order chi connectivity index (χ1) is 20.8. The second kappa shape index (κ2) is 12.1. The molecule has 1 aliphatic rings. The summed E-state index contributed by atoms with van der Waals surface area (Å²) < 4.78 is 25.3. The number of aryl methyl sites for hydroxylation is 1. The van der Waals surface area contributed by atoms with Gasteiger partial charge in [0.25, 0.3) is 5.91 Å². The molecule has 1 fully saturated rings. The smallest absolute Gasteiger partial charge is 0.335 e. The fourth-order valence-corrected chi connectivity index (χ4v) is 5.35. The molecule has 0 bridgehead atoms. The Morgan fingerprint density at radius 1 is 1.02 bits per heavy atom. The predicted octanol–water partition coefficient (Wildman–Crippen LogP) is 7.08. The average molecular weight is 580 g/mol. The number of carboxylic acid groups (broad SMARTS) is 1. The van der Waals surface area contributed by atoms with Crippen LogP contribution in [0.1, 0.15) is 44.9 Å². The Balaban J connectivity index is 1.04. The van der Waals surface area contributed by atoms with Gasteiger partial charge >= 0.3 is 5.97 Å². The number of nitrogens with zero attached hydrogens (tertiary/aromatic N) is 2. The van der Waals surface area contributed by atoms with Crippen LogP contribution >= 0.6 is 0 Å². The molecule has 0 saturated carbocycles. The van der Waals surface area contributed by atoms with Crippen LogP contribution in [0, 0.1) is 12.7 Å². The second-order valence-electron chi connectivity index (χ2n) is 10.6. The van der Waals surface area contributed by atoms with Crippen molar-refractivity contribution in [3.8, 4) is 11.1 Å². The molecule has 9 heteroatoms. The molecule has 2 N–H and O–H groups in total. The third-order valence-electron chi connectivity index (χ3n) is 7.75. The lowest BCUT2D eigenvalue weighted by Gasteiger charge is -2.32. The lowest BCUT2D eigenvalue weighted by Crippen LogP contribution is -2.37. The van der Waals surface area contributed by atoms with Gasteiger partial charge in [0.1, 0.15) is 17.2 Å². The molecule has 3 aromatic carbocycles. The Morgan fingerprint density at radius 3 is 2.51 bits per heavy atom. The molecular weight excluding hydrogens is 549 g/mol. The van der Waals surface area contributed by atoms with Gasteiger partial charge in [-0.2, -0.15) is 0 Å². The van der Waals surface area contributed by atoms with E-state index in [1.807, 2.05) is 43.3 Å². The lowest BCUT2D eigenvalue weighted by atomic mass is 10.0. The van der Waals surface area contributed by atoms with E-state index >= 15 is 0 Å². The Kier molecular flexibility index (Phi) is 7.89. The summed E-state index contributed by atoms with van der Waals surface area (Å²) in [5.41, 5.74) is 4.76. The van der Waals surface area contributed by atoms with E-state index in [-0.39, 0.29) is 29.2 Å². The van der Waals surface area contributed by atoms with E-state index in [9.17, 15) is 19.1 Å². The molecule has 0 radical (unpaired) electrons. The first-order valence-corrected chi connectivity index (χ1v) is 14.1. The monoisotopic (exact) mass is 579 g/mol. The molecule has 0 atom stereocenters. The SMILES string of the molecule is Cc1c(C(=O)Nc2ccc(N3CCC(OCc4cccc(C(=O)O)c4)CC3)nc2)oc2ccc(-c3ccc(F)cc3)cc12. The standard InChI is InChI=1S/C34H30FN3O5/c1-21-29-18-24(23-5-8-26(35)9-6-23)7-11-30(29)43-32(21)33(39)37-27-10-12-31(36-19-27)38-15-13-28(14-16-38)42-20-22-3-2-4-25(17-22)34(40)41/h2-12,17-19,28H,13-16,20H2,1H3,(H,37,39)(H,40,41). The number of aromatic nitrogens is 1. The number of ether oxygens (including phenoxy) is 1. The molecule has 0 aliphatic carbocycles. The molecule has 218 valence electrons. The number of carbonyl (C=O) groups excluding carboxylic acids is 1. The highest BCUT2D eigenvalue weighted by Crippen LogP contribution is 2.31. The van der Waals surface area contributed by atoms with Crippen LogP contribution < -0.4 is 10.2 Å². The molecule has 3 heterocycles. The topological polar surface area (TPSA) is 105 Å². The highest BCUT2D eigenvalue weighted by atomic mass is 19.1. The molecule has 1 aliphatic heterocycles. The number of hydrogen-bond donors (Lipinski definition) is 2. The lowest BCUT2D eigenvalue weighted by molar-refractivity contribution is 0.0250. The summed E-state index contributed by atoms with van der Waals surface area (Å²) in [6.45, 7) is 3.77. The summed E-state index contributed by atoms with van der Waals surface area (Å²) in [7, 11) is 0. The van der Waals surface area contributed by atoms with Crippen molar-refractivity contribution in [2.45, 2.75) is 32.5 Å². The zero-order chi connectivity index (χ0) is 29.9. The van der Waals surface area contributed by atoms with E-state index in [2.05, 4.69) is 15.2 Å². The van der Waals surface area contributed by atoms with Crippen LogP contribution in [0.2, 0.25) is 0 Å². The molecule has 2 aromatic heterocycles. The number of nitrogens with one attached hydrogen (secondary N) is 1. The van der Waals surface area contributed by atoms with Crippen molar-refractivity contribution in [2.24, 2.45) is 0 Å². The van der Waals surface area contributed by atoms with Gasteiger partial charge in [0.2, 0.25) is 0 Å². The summed E-state index contributed by atoms with van der Waals surface area (Å²) in [4.78, 5) is 31.0.